The van der Waals surface area contributed by atoms with Crippen molar-refractivity contribution >= 4 is 34.3 Å². The number of aliphatic imine (C=N–C) groups is 1. The van der Waals surface area contributed by atoms with Crippen molar-refractivity contribution < 1.29 is 9.53 Å². The lowest BCUT2D eigenvalue weighted by molar-refractivity contribution is 0.100. The van der Waals surface area contributed by atoms with Gasteiger partial charge in [-0.25, -0.2) is 4.99 Å². The summed E-state index contributed by atoms with van der Waals surface area (Å²) in [6.45, 7) is 0. The summed E-state index contributed by atoms with van der Waals surface area (Å²) in [4.78, 5) is 16.3. The van der Waals surface area contributed by atoms with Crippen molar-refractivity contribution in [3.63, 3.8) is 0 Å². The molecular weight excluding hydrogens is 332 g/mol. The second kappa shape index (κ2) is 6.10. The summed E-state index contributed by atoms with van der Waals surface area (Å²) < 4.78 is 5.20. The van der Waals surface area contributed by atoms with Crippen molar-refractivity contribution in [3.8, 4) is 5.75 Å². The van der Waals surface area contributed by atoms with Gasteiger partial charge in [-0.15, -0.1) is 17.0 Å². The van der Waals surface area contributed by atoms with Gasteiger partial charge in [-0.3, -0.25) is 4.79 Å². The van der Waals surface area contributed by atoms with Crippen LogP contribution in [0.3, 0.4) is 0 Å². The average Bonchev–Trinajstić information content (AvgIpc) is 2.48. The van der Waals surface area contributed by atoms with E-state index in [4.69, 9.17) is 10.5 Å². The molecule has 0 radical (unpaired) electrons. The van der Waals surface area contributed by atoms with E-state index in [2.05, 4.69) is 4.99 Å². The van der Waals surface area contributed by atoms with Crippen molar-refractivity contribution in [3.05, 3.63) is 59.2 Å². The molecule has 0 aromatic heterocycles. The molecule has 108 valence electrons. The quantitative estimate of drug-likeness (QED) is 0.850. The van der Waals surface area contributed by atoms with Crippen LogP contribution in [-0.4, -0.2) is 18.7 Å². The summed E-state index contributed by atoms with van der Waals surface area (Å²) in [5.41, 5.74) is 9.65. The van der Waals surface area contributed by atoms with Gasteiger partial charge in [-0.1, -0.05) is 18.2 Å². The first-order chi connectivity index (χ1) is 9.69. The van der Waals surface area contributed by atoms with Crippen molar-refractivity contribution in [2.45, 2.75) is 6.42 Å². The molecule has 0 fully saturated rings. The molecule has 2 aromatic carbocycles. The van der Waals surface area contributed by atoms with E-state index in [1.807, 2.05) is 24.3 Å². The number of rotatable bonds is 2. The van der Waals surface area contributed by atoms with E-state index >= 15 is 0 Å². The third-order valence-corrected chi connectivity index (χ3v) is 3.43. The van der Waals surface area contributed by atoms with Gasteiger partial charge in [0.1, 0.15) is 5.75 Å². The van der Waals surface area contributed by atoms with Crippen molar-refractivity contribution in [1.29, 1.82) is 0 Å². The maximum absolute atomic E-state index is 12.1. The van der Waals surface area contributed by atoms with Gasteiger partial charge in [-0.05, 0) is 29.8 Å². The monoisotopic (exact) mass is 346 g/mol. The fourth-order valence-corrected chi connectivity index (χ4v) is 2.36. The third-order valence-electron chi connectivity index (χ3n) is 3.43. The van der Waals surface area contributed by atoms with E-state index in [9.17, 15) is 4.79 Å². The molecule has 5 heteroatoms. The number of hydrogen-bond donors (Lipinski definition) is 1. The van der Waals surface area contributed by atoms with Crippen molar-refractivity contribution in [2.24, 2.45) is 4.99 Å². The number of carbonyl (C=O) groups excluding carboxylic acids is 1. The number of carbonyl (C=O) groups is 1. The van der Waals surface area contributed by atoms with Gasteiger partial charge in [0.25, 0.3) is 5.91 Å². The second-order valence-corrected chi connectivity index (χ2v) is 4.65. The first-order valence-electron chi connectivity index (χ1n) is 6.32. The van der Waals surface area contributed by atoms with Gasteiger partial charge >= 0.3 is 0 Å². The van der Waals surface area contributed by atoms with Crippen molar-refractivity contribution in [2.75, 3.05) is 12.8 Å². The highest BCUT2D eigenvalue weighted by atomic mass is 79.9. The lowest BCUT2D eigenvalue weighted by atomic mass is 9.93. The summed E-state index contributed by atoms with van der Waals surface area (Å²) in [5.74, 6) is 0.501. The molecule has 3 rings (SSSR count). The summed E-state index contributed by atoms with van der Waals surface area (Å²) in [6.07, 6.45) is 0.556. The smallest absolute Gasteiger partial charge is 0.277 e. The number of methoxy groups -OCH3 is 1. The molecule has 1 amide bonds. The van der Waals surface area contributed by atoms with E-state index in [0.717, 1.165) is 22.6 Å². The predicted octanol–water partition coefficient (Wildman–Crippen LogP) is 3.04. The number of hydrogen-bond acceptors (Lipinski definition) is 3. The molecule has 2 aromatic rings. The highest BCUT2D eigenvalue weighted by molar-refractivity contribution is 8.93. The van der Waals surface area contributed by atoms with E-state index < -0.39 is 0 Å². The maximum Gasteiger partial charge on any atom is 0.277 e. The lowest BCUT2D eigenvalue weighted by Crippen LogP contribution is -2.18. The Hall–Kier alpha value is -2.14. The van der Waals surface area contributed by atoms with Gasteiger partial charge in [-0.2, -0.15) is 0 Å². The van der Waals surface area contributed by atoms with Crippen LogP contribution in [0.2, 0.25) is 0 Å². The van der Waals surface area contributed by atoms with Crippen LogP contribution in [0.5, 0.6) is 5.75 Å². The van der Waals surface area contributed by atoms with Crippen LogP contribution in [-0.2, 0) is 6.42 Å². The molecule has 2 N–H and O–H groups in total. The van der Waals surface area contributed by atoms with Crippen molar-refractivity contribution in [1.82, 2.24) is 0 Å². The summed E-state index contributed by atoms with van der Waals surface area (Å²) in [7, 11) is 1.61. The van der Waals surface area contributed by atoms with Gasteiger partial charge in [0, 0.05) is 23.2 Å². The van der Waals surface area contributed by atoms with Gasteiger partial charge in [0.2, 0.25) is 0 Å². The van der Waals surface area contributed by atoms with E-state index in [0.29, 0.717) is 17.7 Å². The van der Waals surface area contributed by atoms with E-state index in [1.165, 1.54) is 0 Å². The third kappa shape index (κ3) is 2.83. The Labute approximate surface area is 133 Å². The van der Waals surface area contributed by atoms with Gasteiger partial charge in [0.05, 0.1) is 12.8 Å². The van der Waals surface area contributed by atoms with Crippen LogP contribution >= 0.6 is 17.0 Å². The normalized spacial score (nSPS) is 13.0. The van der Waals surface area contributed by atoms with Crippen LogP contribution in [0.25, 0.3) is 0 Å². The topological polar surface area (TPSA) is 64.7 Å². The fraction of sp³-hybridized carbons (Fsp3) is 0.125. The number of nitrogens with two attached hydrogens (primary N) is 1. The Bertz CT molecular complexity index is 726. The van der Waals surface area contributed by atoms with Crippen LogP contribution in [0, 0.1) is 0 Å². The Morgan fingerprint density at radius 1 is 1.19 bits per heavy atom. The Morgan fingerprint density at radius 2 is 1.95 bits per heavy atom. The SMILES string of the molecule is Br.COc1cccc(C2=NC(=O)c3cccc(N)c3C2)c1. The maximum atomic E-state index is 12.1. The van der Waals surface area contributed by atoms with Crippen LogP contribution in [0.15, 0.2) is 47.5 Å². The minimum Gasteiger partial charge on any atom is -0.497 e. The number of benzene rings is 2. The lowest BCUT2D eigenvalue weighted by Gasteiger charge is -2.17. The van der Waals surface area contributed by atoms with E-state index in [-0.39, 0.29) is 22.9 Å². The summed E-state index contributed by atoms with van der Waals surface area (Å²) in [5, 5.41) is 0. The molecule has 1 aliphatic heterocycles. The molecule has 0 atom stereocenters. The Kier molecular flexibility index (Phi) is 4.43. The molecule has 0 unspecified atom stereocenters. The molecule has 0 aliphatic carbocycles. The van der Waals surface area contributed by atoms with Crippen LogP contribution in [0.1, 0.15) is 21.5 Å². The van der Waals surface area contributed by atoms with Gasteiger partial charge < -0.3 is 10.5 Å². The largest absolute Gasteiger partial charge is 0.497 e. The highest BCUT2D eigenvalue weighted by Gasteiger charge is 2.22. The number of anilines is 1. The number of amides is 1. The summed E-state index contributed by atoms with van der Waals surface area (Å²) >= 11 is 0. The zero-order valence-corrected chi connectivity index (χ0v) is 13.2. The minimum absolute atomic E-state index is 0. The fourth-order valence-electron chi connectivity index (χ4n) is 2.36. The number of nitrogens with zero attached hydrogens (tertiary/aromatic N) is 1. The standard InChI is InChI=1S/C16H14N2O2.BrH/c1-20-11-5-2-4-10(8-11)15-9-13-12(16(19)18-15)6-3-7-14(13)17;/h2-8H,9,17H2,1H3;1H. The Morgan fingerprint density at radius 3 is 2.71 bits per heavy atom. The minimum atomic E-state index is -0.239. The van der Waals surface area contributed by atoms with Crippen LogP contribution in [0.4, 0.5) is 5.69 Å². The zero-order valence-electron chi connectivity index (χ0n) is 11.5. The molecule has 0 bridgehead atoms. The average molecular weight is 347 g/mol. The second-order valence-electron chi connectivity index (χ2n) is 4.65. The molecule has 0 saturated heterocycles. The molecule has 1 heterocycles. The number of halogens is 1. The first kappa shape index (κ1) is 15.3. The molecule has 0 spiro atoms. The molecular formula is C16H15BrN2O2. The number of nitrogen functional groups attached to an aromatic ring is 1. The zero-order chi connectivity index (χ0) is 14.1. The molecule has 21 heavy (non-hydrogen) atoms. The molecule has 4 nitrogen and oxygen atoms in total. The predicted molar refractivity (Wildman–Crippen MR) is 88.7 cm³/mol. The molecule has 1 aliphatic rings. The molecule has 0 saturated carbocycles. The number of ether oxygens (including phenoxy) is 1. The number of fused-ring (bicyclic) bond motifs is 1. The van der Waals surface area contributed by atoms with Crippen LogP contribution < -0.4 is 10.5 Å². The van der Waals surface area contributed by atoms with E-state index in [1.54, 1.807) is 25.3 Å². The Balaban J connectivity index is 0.00000161. The van der Waals surface area contributed by atoms with Gasteiger partial charge in [0.15, 0.2) is 0 Å². The summed E-state index contributed by atoms with van der Waals surface area (Å²) in [6, 6.07) is 12.9. The highest BCUT2D eigenvalue weighted by Crippen LogP contribution is 2.25. The first-order valence-corrected chi connectivity index (χ1v) is 6.32.